The van der Waals surface area contributed by atoms with E-state index in [9.17, 15) is 13.2 Å². The van der Waals surface area contributed by atoms with Crippen LogP contribution in [0.15, 0.2) is 41.3 Å². The topological polar surface area (TPSA) is 86.7 Å². The van der Waals surface area contributed by atoms with Crippen molar-refractivity contribution in [2.75, 3.05) is 13.1 Å². The van der Waals surface area contributed by atoms with Crippen molar-refractivity contribution in [1.29, 1.82) is 0 Å². The molecule has 8 heteroatoms. The molecule has 0 aromatic heterocycles. The zero-order valence-electron chi connectivity index (χ0n) is 21.8. The first-order chi connectivity index (χ1) is 17.3. The standard InChI is InChI=1S/C28H45ClN2O4S/c1-2-3-4-5-6-7-8-9-10-14-21-31-23-25(22-26(31)15-12-11-13-16-28(32)33)30-36(34,35)27-19-17-24(29)18-20-27/h12,15,17-20,25-26,30H,2-11,13-14,16,21-23H2,1H3,(H,32,33)/b15-12-/t25-,26-/m1/s1. The SMILES string of the molecule is CCCCCCCCCCCCN1C[C@H](NS(=O)(=O)c2ccc(Cl)cc2)C[C@H]1/C=C\CCCC(=O)O. The number of halogens is 1. The maximum atomic E-state index is 12.9. The molecular weight excluding hydrogens is 496 g/mol. The van der Waals surface area contributed by atoms with Gasteiger partial charge >= 0.3 is 5.97 Å². The zero-order chi connectivity index (χ0) is 26.2. The van der Waals surface area contributed by atoms with Gasteiger partial charge in [-0.05, 0) is 56.5 Å². The molecule has 2 rings (SSSR count). The van der Waals surface area contributed by atoms with E-state index in [-0.39, 0.29) is 23.4 Å². The van der Waals surface area contributed by atoms with Crippen molar-refractivity contribution in [2.24, 2.45) is 0 Å². The Morgan fingerprint density at radius 2 is 1.64 bits per heavy atom. The summed E-state index contributed by atoms with van der Waals surface area (Å²) >= 11 is 5.91. The van der Waals surface area contributed by atoms with Gasteiger partial charge in [-0.1, -0.05) is 88.5 Å². The minimum Gasteiger partial charge on any atom is -0.481 e. The molecule has 1 aliphatic heterocycles. The highest BCUT2D eigenvalue weighted by Crippen LogP contribution is 2.23. The lowest BCUT2D eigenvalue weighted by Crippen LogP contribution is -2.37. The number of benzene rings is 1. The van der Waals surface area contributed by atoms with Crippen LogP contribution in [0.4, 0.5) is 0 Å². The summed E-state index contributed by atoms with van der Waals surface area (Å²) in [5, 5.41) is 9.34. The Balaban J connectivity index is 1.83. The summed E-state index contributed by atoms with van der Waals surface area (Å²) in [7, 11) is -3.61. The molecule has 1 heterocycles. The first kappa shape index (κ1) is 30.8. The maximum Gasteiger partial charge on any atom is 0.303 e. The Morgan fingerprint density at radius 3 is 2.25 bits per heavy atom. The monoisotopic (exact) mass is 540 g/mol. The number of likely N-dealkylation sites (tertiary alicyclic amines) is 1. The normalized spacial score (nSPS) is 18.8. The molecule has 0 unspecified atom stereocenters. The number of carboxylic acids is 1. The molecule has 0 radical (unpaired) electrons. The third kappa shape index (κ3) is 12.2. The average Bonchev–Trinajstić information content (AvgIpc) is 3.20. The molecule has 2 N–H and O–H groups in total. The van der Waals surface area contributed by atoms with Gasteiger partial charge in [0.2, 0.25) is 10.0 Å². The number of hydrogen-bond donors (Lipinski definition) is 2. The van der Waals surface area contributed by atoms with Crippen LogP contribution in [0.25, 0.3) is 0 Å². The number of unbranched alkanes of at least 4 members (excludes halogenated alkanes) is 10. The van der Waals surface area contributed by atoms with Crippen LogP contribution in [0.1, 0.15) is 96.8 Å². The summed E-state index contributed by atoms with van der Waals surface area (Å²) in [5.74, 6) is -0.775. The van der Waals surface area contributed by atoms with Crippen molar-refractivity contribution in [1.82, 2.24) is 9.62 Å². The van der Waals surface area contributed by atoms with Crippen molar-refractivity contribution in [3.8, 4) is 0 Å². The number of nitrogens with zero attached hydrogens (tertiary/aromatic N) is 1. The molecule has 0 amide bonds. The van der Waals surface area contributed by atoms with E-state index in [1.165, 1.54) is 69.9 Å². The van der Waals surface area contributed by atoms with Crippen molar-refractivity contribution in [2.45, 2.75) is 114 Å². The fourth-order valence-electron chi connectivity index (χ4n) is 4.80. The van der Waals surface area contributed by atoms with Gasteiger partial charge in [-0.2, -0.15) is 0 Å². The number of rotatable bonds is 19. The van der Waals surface area contributed by atoms with Crippen LogP contribution in [0, 0.1) is 0 Å². The number of sulfonamides is 1. The smallest absolute Gasteiger partial charge is 0.303 e. The van der Waals surface area contributed by atoms with Crippen LogP contribution in [0.2, 0.25) is 5.02 Å². The van der Waals surface area contributed by atoms with Gasteiger partial charge in [0.15, 0.2) is 0 Å². The molecular formula is C28H45ClN2O4S. The second-order valence-corrected chi connectivity index (χ2v) is 12.1. The van der Waals surface area contributed by atoms with Gasteiger partial charge in [0, 0.05) is 30.1 Å². The summed E-state index contributed by atoms with van der Waals surface area (Å²) in [4.78, 5) is 13.3. The van der Waals surface area contributed by atoms with E-state index in [2.05, 4.69) is 28.7 Å². The Labute approximate surface area is 223 Å². The predicted octanol–water partition coefficient (Wildman–Crippen LogP) is 6.79. The highest BCUT2D eigenvalue weighted by Gasteiger charge is 2.32. The van der Waals surface area contributed by atoms with E-state index in [1.807, 2.05) is 0 Å². The van der Waals surface area contributed by atoms with Gasteiger partial charge in [-0.3, -0.25) is 9.69 Å². The Morgan fingerprint density at radius 1 is 1.03 bits per heavy atom. The average molecular weight is 541 g/mol. The lowest BCUT2D eigenvalue weighted by molar-refractivity contribution is -0.137. The second-order valence-electron chi connectivity index (χ2n) is 9.97. The second kappa shape index (κ2) is 17.2. The molecule has 6 nitrogen and oxygen atoms in total. The summed E-state index contributed by atoms with van der Waals surface area (Å²) < 4.78 is 28.6. The quantitative estimate of drug-likeness (QED) is 0.149. The number of carboxylic acid groups (broad SMARTS) is 1. The third-order valence-corrected chi connectivity index (χ3v) is 8.60. The van der Waals surface area contributed by atoms with Gasteiger partial charge in [-0.25, -0.2) is 13.1 Å². The van der Waals surface area contributed by atoms with E-state index >= 15 is 0 Å². The fourth-order valence-corrected chi connectivity index (χ4v) is 6.17. The van der Waals surface area contributed by atoms with Gasteiger partial charge in [0.1, 0.15) is 0 Å². The van der Waals surface area contributed by atoms with Crippen molar-refractivity contribution in [3.63, 3.8) is 0 Å². The highest BCUT2D eigenvalue weighted by molar-refractivity contribution is 7.89. The largest absolute Gasteiger partial charge is 0.481 e. The predicted molar refractivity (Wildman–Crippen MR) is 148 cm³/mol. The van der Waals surface area contributed by atoms with Crippen LogP contribution in [-0.2, 0) is 14.8 Å². The molecule has 36 heavy (non-hydrogen) atoms. The minimum absolute atomic E-state index is 0.159. The number of aliphatic carboxylic acids is 1. The first-order valence-electron chi connectivity index (χ1n) is 13.7. The zero-order valence-corrected chi connectivity index (χ0v) is 23.4. The number of allylic oxidation sites excluding steroid dienone is 1. The van der Waals surface area contributed by atoms with Gasteiger partial charge in [0.25, 0.3) is 0 Å². The minimum atomic E-state index is -3.61. The molecule has 1 aromatic rings. The van der Waals surface area contributed by atoms with Crippen LogP contribution in [0.5, 0.6) is 0 Å². The molecule has 1 saturated heterocycles. The van der Waals surface area contributed by atoms with Gasteiger partial charge in [0.05, 0.1) is 4.90 Å². The Kier molecular flexibility index (Phi) is 14.7. The highest BCUT2D eigenvalue weighted by atomic mass is 35.5. The molecule has 0 aliphatic carbocycles. The van der Waals surface area contributed by atoms with E-state index in [0.29, 0.717) is 24.4 Å². The van der Waals surface area contributed by atoms with Crippen LogP contribution >= 0.6 is 11.6 Å². The van der Waals surface area contributed by atoms with Gasteiger partial charge < -0.3 is 5.11 Å². The summed E-state index contributed by atoms with van der Waals surface area (Å²) in [6, 6.07) is 6.23. The first-order valence-corrected chi connectivity index (χ1v) is 15.6. The van der Waals surface area contributed by atoms with Crippen molar-refractivity contribution < 1.29 is 18.3 Å². The van der Waals surface area contributed by atoms with Crippen LogP contribution < -0.4 is 4.72 Å². The number of hydrogen-bond acceptors (Lipinski definition) is 4. The Bertz CT molecular complexity index is 889. The summed E-state index contributed by atoms with van der Waals surface area (Å²) in [5.41, 5.74) is 0. The third-order valence-electron chi connectivity index (χ3n) is 6.81. The van der Waals surface area contributed by atoms with Crippen LogP contribution in [0.3, 0.4) is 0 Å². The molecule has 1 aromatic carbocycles. The van der Waals surface area contributed by atoms with E-state index in [0.717, 1.165) is 19.4 Å². The van der Waals surface area contributed by atoms with Gasteiger partial charge in [-0.15, -0.1) is 0 Å². The Hall–Kier alpha value is -1.41. The summed E-state index contributed by atoms with van der Waals surface area (Å²) in [6.45, 7) is 3.87. The van der Waals surface area contributed by atoms with Crippen molar-refractivity contribution >= 4 is 27.6 Å². The van der Waals surface area contributed by atoms with E-state index in [1.54, 1.807) is 12.1 Å². The van der Waals surface area contributed by atoms with E-state index < -0.39 is 16.0 Å². The van der Waals surface area contributed by atoms with E-state index in [4.69, 9.17) is 16.7 Å². The summed E-state index contributed by atoms with van der Waals surface area (Å²) in [6.07, 6.45) is 19.3. The molecule has 0 bridgehead atoms. The van der Waals surface area contributed by atoms with Crippen molar-refractivity contribution in [3.05, 3.63) is 41.4 Å². The number of carbonyl (C=O) groups is 1. The molecule has 0 spiro atoms. The number of nitrogens with one attached hydrogen (secondary N) is 1. The lowest BCUT2D eigenvalue weighted by Gasteiger charge is -2.21. The molecule has 0 saturated carbocycles. The molecule has 204 valence electrons. The molecule has 2 atom stereocenters. The molecule has 1 aliphatic rings. The molecule has 1 fully saturated rings. The lowest BCUT2D eigenvalue weighted by atomic mass is 10.1. The maximum absolute atomic E-state index is 12.9. The fraction of sp³-hybridized carbons (Fsp3) is 0.679. The van der Waals surface area contributed by atoms with Crippen LogP contribution in [-0.4, -0.2) is 49.6 Å².